The normalized spacial score (nSPS) is 10.9. The number of aromatic nitrogens is 5. The third-order valence-corrected chi connectivity index (χ3v) is 4.47. The van der Waals surface area contributed by atoms with Gasteiger partial charge >= 0.3 is 5.69 Å². The number of hydrogen-bond donors (Lipinski definition) is 1. The number of nitrogens with zero attached hydrogens (tertiary/aromatic N) is 6. The average Bonchev–Trinajstić information content (AvgIpc) is 3.09. The molecule has 27 heavy (non-hydrogen) atoms. The van der Waals surface area contributed by atoms with Gasteiger partial charge in [0.2, 0.25) is 11.6 Å². The molecule has 0 fully saturated rings. The zero-order chi connectivity index (χ0) is 19.0. The standard InChI is InChI=1S/C17H12ClN7O2/c1-10-11(18)5-4-7-12(10)21-16-15(25(26)27)17(20-9-19-16)24-14-8-3-2-6-13(14)22-23-24/h2-9H,1H3,(H,19,20,21). The summed E-state index contributed by atoms with van der Waals surface area (Å²) in [5.74, 6) is 0.0563. The Morgan fingerprint density at radius 3 is 2.78 bits per heavy atom. The molecule has 9 nitrogen and oxygen atoms in total. The molecule has 0 aliphatic heterocycles. The molecule has 4 aromatic rings. The minimum absolute atomic E-state index is 0.0193. The lowest BCUT2D eigenvalue weighted by atomic mass is 10.2. The molecule has 0 spiro atoms. The lowest BCUT2D eigenvalue weighted by Gasteiger charge is -2.11. The first-order chi connectivity index (χ1) is 13.1. The topological polar surface area (TPSA) is 112 Å². The fourth-order valence-electron chi connectivity index (χ4n) is 2.68. The van der Waals surface area contributed by atoms with Crippen molar-refractivity contribution < 1.29 is 4.92 Å². The largest absolute Gasteiger partial charge is 0.356 e. The maximum absolute atomic E-state index is 11.8. The van der Waals surface area contributed by atoms with Crippen LogP contribution < -0.4 is 5.32 Å². The molecular formula is C17H12ClN7O2. The second-order valence-electron chi connectivity index (χ2n) is 5.68. The van der Waals surface area contributed by atoms with E-state index in [1.807, 2.05) is 13.0 Å². The highest BCUT2D eigenvalue weighted by Crippen LogP contribution is 2.33. The summed E-state index contributed by atoms with van der Waals surface area (Å²) < 4.78 is 1.32. The third-order valence-electron chi connectivity index (χ3n) is 4.06. The first kappa shape index (κ1) is 16.9. The highest BCUT2D eigenvalue weighted by atomic mass is 35.5. The van der Waals surface area contributed by atoms with Gasteiger partial charge in [-0.25, -0.2) is 9.97 Å². The molecule has 0 saturated heterocycles. The smallest absolute Gasteiger partial charge is 0.334 e. The molecule has 1 N–H and O–H groups in total. The van der Waals surface area contributed by atoms with Crippen LogP contribution in [-0.2, 0) is 0 Å². The number of benzene rings is 2. The third kappa shape index (κ3) is 2.93. The Balaban J connectivity index is 1.89. The van der Waals surface area contributed by atoms with E-state index in [0.29, 0.717) is 21.7 Å². The highest BCUT2D eigenvalue weighted by Gasteiger charge is 2.26. The Hall–Kier alpha value is -3.59. The van der Waals surface area contributed by atoms with Gasteiger partial charge in [-0.3, -0.25) is 10.1 Å². The summed E-state index contributed by atoms with van der Waals surface area (Å²) in [5, 5.41) is 23.4. The van der Waals surface area contributed by atoms with Crippen molar-refractivity contribution in [1.29, 1.82) is 0 Å². The molecular weight excluding hydrogens is 370 g/mol. The second kappa shape index (κ2) is 6.61. The first-order valence-corrected chi connectivity index (χ1v) is 8.26. The van der Waals surface area contributed by atoms with Gasteiger partial charge in [-0.1, -0.05) is 35.0 Å². The Kier molecular flexibility index (Phi) is 4.13. The molecule has 2 heterocycles. The van der Waals surface area contributed by atoms with Gasteiger partial charge in [0.05, 0.1) is 10.4 Å². The minimum Gasteiger partial charge on any atom is -0.334 e. The summed E-state index contributed by atoms with van der Waals surface area (Å²) in [4.78, 5) is 19.4. The van der Waals surface area contributed by atoms with Crippen LogP contribution in [-0.4, -0.2) is 29.9 Å². The van der Waals surface area contributed by atoms with E-state index in [0.717, 1.165) is 5.56 Å². The molecule has 0 unspecified atom stereocenters. The SMILES string of the molecule is Cc1c(Cl)cccc1Nc1ncnc(-n2nnc3ccccc32)c1[N+](=O)[O-]. The molecule has 2 aromatic heterocycles. The Morgan fingerprint density at radius 1 is 1.15 bits per heavy atom. The van der Waals surface area contributed by atoms with Crippen LogP contribution in [0.3, 0.4) is 0 Å². The van der Waals surface area contributed by atoms with Gasteiger partial charge in [0.1, 0.15) is 11.8 Å². The Morgan fingerprint density at radius 2 is 1.96 bits per heavy atom. The maximum Gasteiger partial charge on any atom is 0.356 e. The number of fused-ring (bicyclic) bond motifs is 1. The number of nitrogens with one attached hydrogen (secondary N) is 1. The van der Waals surface area contributed by atoms with Gasteiger partial charge in [-0.05, 0) is 36.8 Å². The lowest BCUT2D eigenvalue weighted by molar-refractivity contribution is -0.384. The van der Waals surface area contributed by atoms with Crippen LogP contribution in [0.5, 0.6) is 0 Å². The van der Waals surface area contributed by atoms with Gasteiger partial charge in [0.15, 0.2) is 0 Å². The number of rotatable bonds is 4. The number of para-hydroxylation sites is 1. The zero-order valence-electron chi connectivity index (χ0n) is 14.0. The molecule has 4 rings (SSSR count). The Bertz CT molecular complexity index is 1180. The van der Waals surface area contributed by atoms with Crippen molar-refractivity contribution in [3.8, 4) is 5.82 Å². The van der Waals surface area contributed by atoms with E-state index < -0.39 is 4.92 Å². The van der Waals surface area contributed by atoms with E-state index in [-0.39, 0.29) is 17.3 Å². The van der Waals surface area contributed by atoms with Crippen molar-refractivity contribution in [1.82, 2.24) is 25.0 Å². The van der Waals surface area contributed by atoms with Gasteiger partial charge in [-0.2, -0.15) is 4.68 Å². The summed E-state index contributed by atoms with van der Waals surface area (Å²) in [5.41, 5.74) is 2.25. The van der Waals surface area contributed by atoms with Crippen LogP contribution in [0.4, 0.5) is 17.2 Å². The molecule has 0 radical (unpaired) electrons. The molecule has 0 saturated carbocycles. The monoisotopic (exact) mass is 381 g/mol. The van der Waals surface area contributed by atoms with Crippen molar-refractivity contribution in [3.05, 3.63) is 69.5 Å². The van der Waals surface area contributed by atoms with Crippen LogP contribution in [0, 0.1) is 17.0 Å². The van der Waals surface area contributed by atoms with E-state index in [2.05, 4.69) is 25.6 Å². The van der Waals surface area contributed by atoms with Crippen LogP contribution in [0.1, 0.15) is 5.56 Å². The number of anilines is 2. The second-order valence-corrected chi connectivity index (χ2v) is 6.09. The van der Waals surface area contributed by atoms with Crippen LogP contribution in [0.15, 0.2) is 48.8 Å². The van der Waals surface area contributed by atoms with E-state index in [4.69, 9.17) is 11.6 Å². The Labute approximate surface area is 157 Å². The van der Waals surface area contributed by atoms with Crippen molar-refractivity contribution in [2.75, 3.05) is 5.32 Å². The predicted molar refractivity (Wildman–Crippen MR) is 101 cm³/mol. The fourth-order valence-corrected chi connectivity index (χ4v) is 2.85. The van der Waals surface area contributed by atoms with Crippen LogP contribution >= 0.6 is 11.6 Å². The number of hydrogen-bond acceptors (Lipinski definition) is 7. The minimum atomic E-state index is -0.548. The van der Waals surface area contributed by atoms with E-state index in [9.17, 15) is 10.1 Å². The molecule has 2 aromatic carbocycles. The molecule has 134 valence electrons. The van der Waals surface area contributed by atoms with E-state index in [1.165, 1.54) is 11.0 Å². The first-order valence-electron chi connectivity index (χ1n) is 7.88. The fraction of sp³-hybridized carbons (Fsp3) is 0.0588. The summed E-state index contributed by atoms with van der Waals surface area (Å²) in [6.07, 6.45) is 1.24. The quantitative estimate of drug-likeness (QED) is 0.422. The predicted octanol–water partition coefficient (Wildman–Crippen LogP) is 3.82. The summed E-state index contributed by atoms with van der Waals surface area (Å²) in [6.45, 7) is 1.81. The van der Waals surface area contributed by atoms with Crippen molar-refractivity contribution in [2.24, 2.45) is 0 Å². The molecule has 0 aliphatic rings. The molecule has 0 aliphatic carbocycles. The van der Waals surface area contributed by atoms with Gasteiger partial charge in [-0.15, -0.1) is 5.10 Å². The summed E-state index contributed by atoms with van der Waals surface area (Å²) in [6, 6.07) is 12.4. The average molecular weight is 382 g/mol. The lowest BCUT2D eigenvalue weighted by Crippen LogP contribution is -2.09. The molecule has 0 amide bonds. The highest BCUT2D eigenvalue weighted by molar-refractivity contribution is 6.31. The van der Waals surface area contributed by atoms with Crippen LogP contribution in [0.25, 0.3) is 16.9 Å². The molecule has 10 heteroatoms. The molecule has 0 bridgehead atoms. The van der Waals surface area contributed by atoms with Crippen molar-refractivity contribution in [3.63, 3.8) is 0 Å². The summed E-state index contributed by atoms with van der Waals surface area (Å²) >= 11 is 6.13. The molecule has 0 atom stereocenters. The van der Waals surface area contributed by atoms with Gasteiger partial charge in [0, 0.05) is 10.7 Å². The number of halogens is 1. The van der Waals surface area contributed by atoms with Gasteiger partial charge in [0.25, 0.3) is 0 Å². The zero-order valence-corrected chi connectivity index (χ0v) is 14.8. The summed E-state index contributed by atoms with van der Waals surface area (Å²) in [7, 11) is 0. The van der Waals surface area contributed by atoms with E-state index in [1.54, 1.807) is 36.4 Å². The number of nitro groups is 1. The maximum atomic E-state index is 11.8. The van der Waals surface area contributed by atoms with Gasteiger partial charge < -0.3 is 5.32 Å². The van der Waals surface area contributed by atoms with E-state index >= 15 is 0 Å². The van der Waals surface area contributed by atoms with Crippen molar-refractivity contribution >= 4 is 39.8 Å². The van der Waals surface area contributed by atoms with Crippen LogP contribution in [0.2, 0.25) is 5.02 Å². The van der Waals surface area contributed by atoms with Crippen molar-refractivity contribution in [2.45, 2.75) is 6.92 Å².